The molecule has 124 valence electrons. The van der Waals surface area contributed by atoms with Gasteiger partial charge in [0.2, 0.25) is 10.0 Å². The highest BCUT2D eigenvalue weighted by molar-refractivity contribution is 7.89. The van der Waals surface area contributed by atoms with Crippen molar-refractivity contribution in [2.24, 2.45) is 5.14 Å². The highest BCUT2D eigenvalue weighted by Gasteiger charge is 2.12. The summed E-state index contributed by atoms with van der Waals surface area (Å²) in [6, 6.07) is 9.85. The van der Waals surface area contributed by atoms with Crippen molar-refractivity contribution in [3.8, 4) is 11.4 Å². The molecule has 0 unspecified atom stereocenters. The monoisotopic (exact) mass is 347 g/mol. The van der Waals surface area contributed by atoms with E-state index in [-0.39, 0.29) is 16.0 Å². The lowest BCUT2D eigenvalue weighted by molar-refractivity contribution is 0.415. The van der Waals surface area contributed by atoms with E-state index in [1.54, 1.807) is 12.1 Å². The second-order valence-corrected chi connectivity index (χ2v) is 6.58. The average Bonchev–Trinajstić information content (AvgIpc) is 2.54. The van der Waals surface area contributed by atoms with Gasteiger partial charge < -0.3 is 9.72 Å². The van der Waals surface area contributed by atoms with Gasteiger partial charge in [0, 0.05) is 0 Å². The Hall–Kier alpha value is -2.91. The normalized spacial score (nSPS) is 11.6. The van der Waals surface area contributed by atoms with Crippen molar-refractivity contribution < 1.29 is 13.2 Å². The Labute approximate surface area is 136 Å². The molecule has 9 heteroatoms. The van der Waals surface area contributed by atoms with Crippen LogP contribution in [0.25, 0.3) is 16.6 Å². The van der Waals surface area contributed by atoms with Crippen molar-refractivity contribution in [2.45, 2.75) is 4.90 Å². The fourth-order valence-corrected chi connectivity index (χ4v) is 2.85. The van der Waals surface area contributed by atoms with Crippen molar-refractivity contribution in [1.29, 1.82) is 0 Å². The molecular formula is C15H13N3O5S. The molecule has 3 rings (SSSR count). The summed E-state index contributed by atoms with van der Waals surface area (Å²) in [4.78, 5) is 27.4. The number of nitrogens with one attached hydrogen (secondary N) is 1. The van der Waals surface area contributed by atoms with E-state index >= 15 is 0 Å². The fourth-order valence-electron chi connectivity index (χ4n) is 2.34. The number of hydrogen-bond acceptors (Lipinski definition) is 5. The van der Waals surface area contributed by atoms with E-state index in [4.69, 9.17) is 9.88 Å². The molecule has 24 heavy (non-hydrogen) atoms. The SMILES string of the molecule is COc1ccc2[nH]c(=O)n(-c3ccc(S(N)(=O)=O)cc3)c(=O)c2c1. The van der Waals surface area contributed by atoms with Crippen LogP contribution >= 0.6 is 0 Å². The van der Waals surface area contributed by atoms with E-state index in [0.29, 0.717) is 11.3 Å². The molecule has 3 N–H and O–H groups in total. The predicted molar refractivity (Wildman–Crippen MR) is 88.1 cm³/mol. The molecule has 2 aromatic carbocycles. The summed E-state index contributed by atoms with van der Waals surface area (Å²) < 4.78 is 28.6. The number of nitrogens with zero attached hydrogens (tertiary/aromatic N) is 1. The Balaban J connectivity index is 2.26. The number of nitrogens with two attached hydrogens (primary N) is 1. The second-order valence-electron chi connectivity index (χ2n) is 5.02. The largest absolute Gasteiger partial charge is 0.497 e. The summed E-state index contributed by atoms with van der Waals surface area (Å²) in [6.45, 7) is 0. The minimum atomic E-state index is -3.86. The smallest absolute Gasteiger partial charge is 0.333 e. The minimum absolute atomic E-state index is 0.113. The van der Waals surface area contributed by atoms with Crippen LogP contribution < -0.4 is 21.1 Å². The lowest BCUT2D eigenvalue weighted by Crippen LogP contribution is -2.33. The fraction of sp³-hybridized carbons (Fsp3) is 0.0667. The van der Waals surface area contributed by atoms with Crippen LogP contribution in [-0.2, 0) is 10.0 Å². The third-order valence-corrected chi connectivity index (χ3v) is 4.46. The predicted octanol–water partition coefficient (Wildman–Crippen LogP) is 0.335. The molecule has 0 spiro atoms. The van der Waals surface area contributed by atoms with Gasteiger partial charge in [-0.1, -0.05) is 0 Å². The maximum Gasteiger partial charge on any atom is 0.333 e. The van der Waals surface area contributed by atoms with E-state index in [0.717, 1.165) is 4.57 Å². The topological polar surface area (TPSA) is 124 Å². The first-order chi connectivity index (χ1) is 11.3. The van der Waals surface area contributed by atoms with Gasteiger partial charge >= 0.3 is 5.69 Å². The molecule has 1 aromatic heterocycles. The van der Waals surface area contributed by atoms with Gasteiger partial charge in [0.1, 0.15) is 5.75 Å². The lowest BCUT2D eigenvalue weighted by atomic mass is 10.2. The number of methoxy groups -OCH3 is 1. The van der Waals surface area contributed by atoms with E-state index in [1.165, 1.54) is 37.4 Å². The third kappa shape index (κ3) is 2.70. The summed E-state index contributed by atoms with van der Waals surface area (Å²) in [6.07, 6.45) is 0. The number of sulfonamides is 1. The molecule has 0 bridgehead atoms. The highest BCUT2D eigenvalue weighted by Crippen LogP contribution is 2.16. The number of aromatic amines is 1. The molecule has 8 nitrogen and oxygen atoms in total. The zero-order chi connectivity index (χ0) is 17.5. The van der Waals surface area contributed by atoms with Crippen LogP contribution in [-0.4, -0.2) is 25.1 Å². The lowest BCUT2D eigenvalue weighted by Gasteiger charge is -2.08. The van der Waals surface area contributed by atoms with Gasteiger partial charge in [0.15, 0.2) is 0 Å². The first kappa shape index (κ1) is 16.0. The molecule has 0 aliphatic carbocycles. The Morgan fingerprint density at radius 2 is 1.75 bits per heavy atom. The summed E-state index contributed by atoms with van der Waals surface area (Å²) >= 11 is 0. The summed E-state index contributed by atoms with van der Waals surface area (Å²) in [5.41, 5.74) is -0.585. The van der Waals surface area contributed by atoms with Crippen molar-refractivity contribution in [1.82, 2.24) is 9.55 Å². The first-order valence-corrected chi connectivity index (χ1v) is 8.32. The minimum Gasteiger partial charge on any atom is -0.497 e. The second kappa shape index (κ2) is 5.62. The van der Waals surface area contributed by atoms with Gasteiger partial charge in [-0.2, -0.15) is 0 Å². The van der Waals surface area contributed by atoms with Gasteiger partial charge in [-0.05, 0) is 42.5 Å². The Bertz CT molecular complexity index is 1140. The molecule has 0 saturated carbocycles. The first-order valence-electron chi connectivity index (χ1n) is 6.77. The van der Waals surface area contributed by atoms with Gasteiger partial charge in [-0.25, -0.2) is 22.9 Å². The number of fused-ring (bicyclic) bond motifs is 1. The van der Waals surface area contributed by atoms with Crippen LogP contribution in [0.4, 0.5) is 0 Å². The molecular weight excluding hydrogens is 334 g/mol. The summed E-state index contributed by atoms with van der Waals surface area (Å²) in [5.74, 6) is 0.475. The van der Waals surface area contributed by atoms with Gasteiger partial charge in [-0.15, -0.1) is 0 Å². The summed E-state index contributed by atoms with van der Waals surface area (Å²) in [5, 5.41) is 5.30. The number of rotatable bonds is 3. The molecule has 3 aromatic rings. The molecule has 0 aliphatic rings. The van der Waals surface area contributed by atoms with Crippen molar-refractivity contribution >= 4 is 20.9 Å². The molecule has 0 atom stereocenters. The molecule has 1 heterocycles. The number of H-pyrrole nitrogens is 1. The van der Waals surface area contributed by atoms with Gasteiger partial charge in [0.25, 0.3) is 5.56 Å². The average molecular weight is 347 g/mol. The Morgan fingerprint density at radius 1 is 1.08 bits per heavy atom. The van der Waals surface area contributed by atoms with Crippen molar-refractivity contribution in [3.05, 3.63) is 63.3 Å². The van der Waals surface area contributed by atoms with E-state index in [9.17, 15) is 18.0 Å². The zero-order valence-corrected chi connectivity index (χ0v) is 13.3. The van der Waals surface area contributed by atoms with Gasteiger partial charge in [-0.3, -0.25) is 4.79 Å². The molecule has 0 aliphatic heterocycles. The van der Waals surface area contributed by atoms with Crippen molar-refractivity contribution in [2.75, 3.05) is 7.11 Å². The van der Waals surface area contributed by atoms with Gasteiger partial charge in [0.05, 0.1) is 28.6 Å². The molecule has 0 radical (unpaired) electrons. The maximum atomic E-state index is 12.6. The van der Waals surface area contributed by atoms with Crippen LogP contribution in [0.3, 0.4) is 0 Å². The quantitative estimate of drug-likeness (QED) is 0.707. The number of benzene rings is 2. The van der Waals surface area contributed by atoms with E-state index < -0.39 is 21.3 Å². The maximum absolute atomic E-state index is 12.6. The number of hydrogen-bond donors (Lipinski definition) is 2. The van der Waals surface area contributed by atoms with Crippen LogP contribution in [0.15, 0.2) is 56.9 Å². The van der Waals surface area contributed by atoms with Crippen LogP contribution in [0.2, 0.25) is 0 Å². The molecule has 0 amide bonds. The van der Waals surface area contributed by atoms with Crippen LogP contribution in [0, 0.1) is 0 Å². The zero-order valence-electron chi connectivity index (χ0n) is 12.5. The van der Waals surface area contributed by atoms with E-state index in [1.807, 2.05) is 0 Å². The number of aromatic nitrogens is 2. The molecule has 0 saturated heterocycles. The Kier molecular flexibility index (Phi) is 3.74. The third-order valence-electron chi connectivity index (χ3n) is 3.53. The standard InChI is InChI=1S/C15H13N3O5S/c1-23-10-4-7-13-12(8-10)14(19)18(15(20)17-13)9-2-5-11(6-3-9)24(16,21)22/h2-8H,1H3,(H,17,20)(H2,16,21,22). The number of ether oxygens (including phenoxy) is 1. The van der Waals surface area contributed by atoms with Crippen LogP contribution in [0.5, 0.6) is 5.75 Å². The number of primary sulfonamides is 1. The van der Waals surface area contributed by atoms with Crippen LogP contribution in [0.1, 0.15) is 0 Å². The van der Waals surface area contributed by atoms with Crippen molar-refractivity contribution in [3.63, 3.8) is 0 Å². The summed E-state index contributed by atoms with van der Waals surface area (Å²) in [7, 11) is -2.39. The highest BCUT2D eigenvalue weighted by atomic mass is 32.2. The molecule has 0 fully saturated rings. The van der Waals surface area contributed by atoms with E-state index in [2.05, 4.69) is 4.98 Å². The Morgan fingerprint density at radius 3 is 2.33 bits per heavy atom.